The lowest BCUT2D eigenvalue weighted by atomic mass is 9.98. The number of rotatable bonds is 4. The Morgan fingerprint density at radius 1 is 1.17 bits per heavy atom. The Kier molecular flexibility index (Phi) is 6.42. The van der Waals surface area contributed by atoms with E-state index in [2.05, 4.69) is 25.3 Å². The third-order valence-corrected chi connectivity index (χ3v) is 6.78. The summed E-state index contributed by atoms with van der Waals surface area (Å²) in [6, 6.07) is 4.86. The van der Waals surface area contributed by atoms with Crippen molar-refractivity contribution < 1.29 is 22.7 Å². The van der Waals surface area contributed by atoms with E-state index < -0.39 is 17.5 Å². The number of hydrogen-bond donors (Lipinski definition) is 0. The number of carbonyl (C=O) groups excluding carboxylic acids is 1. The predicted octanol–water partition coefficient (Wildman–Crippen LogP) is 2.77. The highest BCUT2D eigenvalue weighted by Gasteiger charge is 2.36. The molecule has 2 saturated heterocycles. The van der Waals surface area contributed by atoms with Crippen LogP contribution in [0.4, 0.5) is 18.9 Å². The van der Waals surface area contributed by atoms with Gasteiger partial charge in [-0.1, -0.05) is 6.07 Å². The molecule has 0 radical (unpaired) electrons. The maximum atomic E-state index is 14.6. The molecule has 2 atom stereocenters. The van der Waals surface area contributed by atoms with Gasteiger partial charge in [0.15, 0.2) is 0 Å². The van der Waals surface area contributed by atoms with Crippen molar-refractivity contribution in [2.45, 2.75) is 25.5 Å². The molecule has 3 aromatic rings. The van der Waals surface area contributed by atoms with E-state index in [-0.39, 0.29) is 41.4 Å². The van der Waals surface area contributed by atoms with Crippen LogP contribution in [0.3, 0.4) is 0 Å². The molecule has 0 aliphatic carbocycles. The molecule has 3 heterocycles. The Bertz CT molecular complexity index is 1340. The number of tetrazole rings is 1. The van der Waals surface area contributed by atoms with Crippen LogP contribution in [0.5, 0.6) is 0 Å². The number of benzene rings is 2. The zero-order valence-electron chi connectivity index (χ0n) is 19.4. The fourth-order valence-electron chi connectivity index (χ4n) is 4.80. The number of hydrogen-bond acceptors (Lipinski definition) is 6. The van der Waals surface area contributed by atoms with Crippen molar-refractivity contribution >= 4 is 11.6 Å². The average molecular weight is 497 g/mol. The number of nitrogens with zero attached hydrogens (tertiary/aromatic N) is 7. The summed E-state index contributed by atoms with van der Waals surface area (Å²) in [5.74, 6) is -2.30. The number of halogens is 3. The molecule has 0 unspecified atom stereocenters. The topological polar surface area (TPSA) is 80.7 Å². The molecule has 0 N–H and O–H groups in total. The first-order chi connectivity index (χ1) is 17.4. The monoisotopic (exact) mass is 497 g/mol. The van der Waals surface area contributed by atoms with Crippen molar-refractivity contribution in [3.63, 3.8) is 0 Å². The van der Waals surface area contributed by atoms with Gasteiger partial charge in [-0.15, -0.1) is 5.10 Å². The number of morpholine rings is 1. The summed E-state index contributed by atoms with van der Waals surface area (Å²) in [5.41, 5.74) is 1.17. The number of carbonyl (C=O) groups is 1. The lowest BCUT2D eigenvalue weighted by molar-refractivity contribution is -0.139. The summed E-state index contributed by atoms with van der Waals surface area (Å²) in [4.78, 5) is 20.1. The minimum atomic E-state index is -0.736. The average Bonchev–Trinajstić information content (AvgIpc) is 3.40. The Labute approximate surface area is 204 Å². The molecule has 0 saturated carbocycles. The van der Waals surface area contributed by atoms with E-state index >= 15 is 0 Å². The van der Waals surface area contributed by atoms with Gasteiger partial charge in [0.05, 0.1) is 31.7 Å². The van der Waals surface area contributed by atoms with Crippen LogP contribution >= 0.6 is 0 Å². The minimum absolute atomic E-state index is 0.00305. The Balaban J connectivity index is 1.23. The van der Waals surface area contributed by atoms with Gasteiger partial charge < -0.3 is 9.64 Å². The predicted molar refractivity (Wildman–Crippen MR) is 121 cm³/mol. The summed E-state index contributed by atoms with van der Waals surface area (Å²) in [5, 5.41) is 10.4. The van der Waals surface area contributed by atoms with E-state index in [0.717, 1.165) is 28.7 Å². The molecule has 186 valence electrons. The summed E-state index contributed by atoms with van der Waals surface area (Å²) in [6.45, 7) is 11.3. The second kappa shape index (κ2) is 9.67. The Hall–Kier alpha value is -3.82. The normalized spacial score (nSPS) is 20.1. The lowest BCUT2D eigenvalue weighted by Crippen LogP contribution is -2.59. The van der Waals surface area contributed by atoms with Crippen molar-refractivity contribution in [1.29, 1.82) is 0 Å². The van der Waals surface area contributed by atoms with E-state index in [4.69, 9.17) is 11.3 Å². The molecule has 9 nitrogen and oxygen atoms in total. The van der Waals surface area contributed by atoms with Crippen LogP contribution in [0.2, 0.25) is 0 Å². The molecule has 12 heteroatoms. The Morgan fingerprint density at radius 2 is 2.00 bits per heavy atom. The maximum absolute atomic E-state index is 14.6. The summed E-state index contributed by atoms with van der Waals surface area (Å²) in [6.07, 6.45) is 0.573. The van der Waals surface area contributed by atoms with Gasteiger partial charge in [0.25, 0.3) is 0 Å². The quantitative estimate of drug-likeness (QED) is 0.516. The van der Waals surface area contributed by atoms with Crippen LogP contribution in [0.15, 0.2) is 30.6 Å². The van der Waals surface area contributed by atoms with E-state index in [1.807, 2.05) is 0 Å². The van der Waals surface area contributed by atoms with Crippen LogP contribution in [-0.2, 0) is 16.0 Å². The highest BCUT2D eigenvalue weighted by Crippen LogP contribution is 2.34. The largest absolute Gasteiger partial charge is 0.371 e. The second-order valence-corrected chi connectivity index (χ2v) is 8.86. The van der Waals surface area contributed by atoms with Gasteiger partial charge in [-0.2, -0.15) is 4.68 Å². The number of aromatic nitrogens is 4. The molecule has 2 aromatic carbocycles. The van der Waals surface area contributed by atoms with Crippen LogP contribution < -0.4 is 0 Å². The van der Waals surface area contributed by atoms with Gasteiger partial charge >= 0.3 is 0 Å². The number of fused-ring (bicyclic) bond motifs is 1. The number of ether oxygens (including phenoxy) is 1. The highest BCUT2D eigenvalue weighted by atomic mass is 19.1. The van der Waals surface area contributed by atoms with Gasteiger partial charge in [0.2, 0.25) is 11.6 Å². The van der Waals surface area contributed by atoms with E-state index in [0.29, 0.717) is 38.3 Å². The summed E-state index contributed by atoms with van der Waals surface area (Å²) >= 11 is 0. The van der Waals surface area contributed by atoms with Crippen molar-refractivity contribution in [3.8, 4) is 5.69 Å². The first kappa shape index (κ1) is 23.9. The molecule has 5 rings (SSSR count). The zero-order valence-corrected chi connectivity index (χ0v) is 19.4. The van der Waals surface area contributed by atoms with Gasteiger partial charge in [-0.3, -0.25) is 9.69 Å². The Morgan fingerprint density at radius 3 is 2.75 bits per heavy atom. The van der Waals surface area contributed by atoms with Crippen molar-refractivity contribution in [1.82, 2.24) is 30.0 Å². The first-order valence-corrected chi connectivity index (χ1v) is 11.4. The van der Waals surface area contributed by atoms with E-state index in [1.54, 1.807) is 17.9 Å². The van der Waals surface area contributed by atoms with Gasteiger partial charge in [0, 0.05) is 37.8 Å². The third-order valence-electron chi connectivity index (χ3n) is 6.78. The third kappa shape index (κ3) is 4.43. The molecule has 0 spiro atoms. The van der Waals surface area contributed by atoms with Crippen LogP contribution in [-0.4, -0.2) is 74.7 Å². The van der Waals surface area contributed by atoms with Gasteiger partial charge in [-0.05, 0) is 40.6 Å². The molecule has 2 aliphatic heterocycles. The zero-order chi connectivity index (χ0) is 25.4. The molecular formula is C24H22F3N7O2. The molecule has 2 aliphatic rings. The molecular weight excluding hydrogens is 475 g/mol. The van der Waals surface area contributed by atoms with E-state index in [1.165, 1.54) is 6.07 Å². The smallest absolute Gasteiger partial charge is 0.227 e. The number of amides is 1. The molecule has 1 amide bonds. The SMILES string of the molecule is [C-]#[N+]c1c(F)ccc([C@@H]2CN3CCN(C(=O)Cc4cc(F)c(-n5cnnn5)cc4F)C[C@@H]3CO2)c1C. The van der Waals surface area contributed by atoms with E-state index in [9.17, 15) is 18.0 Å². The van der Waals surface area contributed by atoms with Crippen LogP contribution in [0.1, 0.15) is 22.8 Å². The second-order valence-electron chi connectivity index (χ2n) is 8.86. The summed E-state index contributed by atoms with van der Waals surface area (Å²) < 4.78 is 50.1. The molecule has 1 aromatic heterocycles. The van der Waals surface area contributed by atoms with Crippen molar-refractivity contribution in [2.75, 3.05) is 32.8 Å². The number of piperazine rings is 1. The maximum Gasteiger partial charge on any atom is 0.227 e. The molecule has 0 bridgehead atoms. The van der Waals surface area contributed by atoms with Gasteiger partial charge in [-0.25, -0.2) is 18.0 Å². The van der Waals surface area contributed by atoms with Crippen molar-refractivity contribution in [3.05, 3.63) is 76.2 Å². The van der Waals surface area contributed by atoms with Crippen LogP contribution in [0, 0.1) is 30.9 Å². The molecule has 36 heavy (non-hydrogen) atoms. The lowest BCUT2D eigenvalue weighted by Gasteiger charge is -2.46. The fourth-order valence-corrected chi connectivity index (χ4v) is 4.80. The van der Waals surface area contributed by atoms with Crippen molar-refractivity contribution in [2.24, 2.45) is 0 Å². The fraction of sp³-hybridized carbons (Fsp3) is 0.375. The summed E-state index contributed by atoms with van der Waals surface area (Å²) in [7, 11) is 0. The molecule has 2 fully saturated rings. The van der Waals surface area contributed by atoms with Gasteiger partial charge in [0.1, 0.15) is 29.5 Å². The standard InChI is InChI=1S/C24H22F3N7O2/c1-14-17(3-4-18(25)24(14)28-2)22-11-32-5-6-33(10-16(32)12-36-22)23(35)8-15-7-20(27)21(9-19(15)26)34-13-29-30-31-34/h3-4,7,9,13,16,22H,5-6,8,10-12H2,1H3/t16-,22+/m1/s1. The minimum Gasteiger partial charge on any atom is -0.371 e. The first-order valence-electron chi connectivity index (χ1n) is 11.4. The van der Waals surface area contributed by atoms with Crippen LogP contribution in [0.25, 0.3) is 10.5 Å². The highest BCUT2D eigenvalue weighted by molar-refractivity contribution is 5.79.